The van der Waals surface area contributed by atoms with E-state index in [-0.39, 0.29) is 0 Å². The second kappa shape index (κ2) is 6.68. The van der Waals surface area contributed by atoms with Crippen molar-refractivity contribution < 1.29 is 4.74 Å². The summed E-state index contributed by atoms with van der Waals surface area (Å²) in [6.07, 6.45) is 7.69. The predicted octanol–water partition coefficient (Wildman–Crippen LogP) is 1.90. The maximum Gasteiger partial charge on any atom is 0.0576 e. The summed E-state index contributed by atoms with van der Waals surface area (Å²) in [5.41, 5.74) is 0. The van der Waals surface area contributed by atoms with Gasteiger partial charge in [0, 0.05) is 11.8 Å². The highest BCUT2D eigenvalue weighted by molar-refractivity contribution is 7.98. The first-order chi connectivity index (χ1) is 6.36. The van der Waals surface area contributed by atoms with Crippen LogP contribution in [0, 0.1) is 0 Å². The molecule has 1 rings (SSSR count). The fraction of sp³-hybridized carbons (Fsp3) is 1.00. The zero-order valence-corrected chi connectivity index (χ0v) is 9.53. The summed E-state index contributed by atoms with van der Waals surface area (Å²) in [5, 5.41) is 3.33. The molecule has 1 aliphatic rings. The van der Waals surface area contributed by atoms with Crippen LogP contribution in [0.15, 0.2) is 0 Å². The minimum Gasteiger partial charge on any atom is -0.377 e. The number of hydrogen-bond donors (Lipinski definition) is 1. The van der Waals surface area contributed by atoms with Gasteiger partial charge in [-0.15, -0.1) is 0 Å². The second-order valence-electron chi connectivity index (χ2n) is 3.63. The summed E-state index contributed by atoms with van der Waals surface area (Å²) in [4.78, 5) is 0. The largest absolute Gasteiger partial charge is 0.377 e. The third-order valence-electron chi connectivity index (χ3n) is 2.72. The van der Waals surface area contributed by atoms with Crippen LogP contribution in [-0.4, -0.2) is 37.8 Å². The van der Waals surface area contributed by atoms with Gasteiger partial charge in [-0.1, -0.05) is 0 Å². The Balaban J connectivity index is 2.03. The summed E-state index contributed by atoms with van der Waals surface area (Å²) in [6.45, 7) is 0.927. The van der Waals surface area contributed by atoms with Crippen molar-refractivity contribution in [3.63, 3.8) is 0 Å². The average Bonchev–Trinajstić information content (AvgIpc) is 2.19. The summed E-state index contributed by atoms with van der Waals surface area (Å²) >= 11 is 1.86. The lowest BCUT2D eigenvalue weighted by atomic mass is 9.93. The molecule has 0 aromatic heterocycles. The molecule has 0 aromatic rings. The van der Waals surface area contributed by atoms with Gasteiger partial charge in [0.2, 0.25) is 0 Å². The molecule has 13 heavy (non-hydrogen) atoms. The lowest BCUT2D eigenvalue weighted by Crippen LogP contribution is -2.33. The smallest absolute Gasteiger partial charge is 0.0576 e. The minimum absolute atomic E-state index is 0.539. The molecule has 3 heteroatoms. The first kappa shape index (κ1) is 11.3. The van der Waals surface area contributed by atoms with E-state index in [2.05, 4.69) is 18.6 Å². The van der Waals surface area contributed by atoms with E-state index < -0.39 is 0 Å². The number of ether oxygens (including phenoxy) is 1. The second-order valence-corrected chi connectivity index (χ2v) is 4.61. The highest BCUT2D eigenvalue weighted by Crippen LogP contribution is 2.20. The Hall–Kier alpha value is 0.270. The van der Waals surface area contributed by atoms with Crippen molar-refractivity contribution in [3.05, 3.63) is 0 Å². The molecule has 0 amide bonds. The van der Waals surface area contributed by atoms with Gasteiger partial charge >= 0.3 is 0 Å². The summed E-state index contributed by atoms with van der Waals surface area (Å²) in [7, 11) is 2.06. The lowest BCUT2D eigenvalue weighted by Gasteiger charge is -2.28. The Morgan fingerprint density at radius 1 is 1.31 bits per heavy atom. The van der Waals surface area contributed by atoms with Crippen LogP contribution in [0.25, 0.3) is 0 Å². The highest BCUT2D eigenvalue weighted by Gasteiger charge is 2.19. The van der Waals surface area contributed by atoms with Crippen LogP contribution < -0.4 is 5.32 Å². The molecule has 0 heterocycles. The van der Waals surface area contributed by atoms with Crippen molar-refractivity contribution in [1.29, 1.82) is 0 Å². The Labute approximate surface area is 85.8 Å². The molecule has 78 valence electrons. The SMILES string of the molecule is CNC1CCC(OCCSC)CC1. The summed E-state index contributed by atoms with van der Waals surface area (Å²) in [6, 6.07) is 0.736. The molecule has 0 aliphatic heterocycles. The topological polar surface area (TPSA) is 21.3 Å². The van der Waals surface area contributed by atoms with Gasteiger partial charge in [-0.25, -0.2) is 0 Å². The van der Waals surface area contributed by atoms with Crippen LogP contribution in [0.1, 0.15) is 25.7 Å². The number of thioether (sulfide) groups is 1. The maximum atomic E-state index is 5.77. The van der Waals surface area contributed by atoms with Crippen molar-refractivity contribution in [3.8, 4) is 0 Å². The van der Waals surface area contributed by atoms with Crippen molar-refractivity contribution >= 4 is 11.8 Å². The molecular formula is C10H21NOS. The van der Waals surface area contributed by atoms with E-state index in [0.717, 1.165) is 18.4 Å². The lowest BCUT2D eigenvalue weighted by molar-refractivity contribution is 0.0326. The Kier molecular flexibility index (Phi) is 5.83. The van der Waals surface area contributed by atoms with Crippen molar-refractivity contribution in [2.75, 3.05) is 25.7 Å². The normalized spacial score (nSPS) is 29.1. The monoisotopic (exact) mass is 203 g/mol. The molecule has 0 unspecified atom stereocenters. The van der Waals surface area contributed by atoms with Crippen molar-refractivity contribution in [2.45, 2.75) is 37.8 Å². The highest BCUT2D eigenvalue weighted by atomic mass is 32.2. The van der Waals surface area contributed by atoms with E-state index in [4.69, 9.17) is 4.74 Å². The predicted molar refractivity (Wildman–Crippen MR) is 59.4 cm³/mol. The van der Waals surface area contributed by atoms with E-state index in [1.807, 2.05) is 11.8 Å². The molecule has 1 aliphatic carbocycles. The number of rotatable bonds is 5. The standard InChI is InChI=1S/C10H21NOS/c1-11-9-3-5-10(6-4-9)12-7-8-13-2/h9-11H,3-8H2,1-2H3. The van der Waals surface area contributed by atoms with Gasteiger partial charge in [0.05, 0.1) is 12.7 Å². The van der Waals surface area contributed by atoms with Gasteiger partial charge in [-0.3, -0.25) is 0 Å². The average molecular weight is 203 g/mol. The van der Waals surface area contributed by atoms with Gasteiger partial charge in [0.15, 0.2) is 0 Å². The molecular weight excluding hydrogens is 182 g/mol. The van der Waals surface area contributed by atoms with Gasteiger partial charge in [-0.2, -0.15) is 11.8 Å². The Morgan fingerprint density at radius 2 is 2.00 bits per heavy atom. The Bertz CT molecular complexity index is 121. The molecule has 1 saturated carbocycles. The molecule has 0 spiro atoms. The van der Waals surface area contributed by atoms with E-state index in [0.29, 0.717) is 6.10 Å². The quantitative estimate of drug-likeness (QED) is 0.690. The van der Waals surface area contributed by atoms with Gasteiger partial charge in [0.25, 0.3) is 0 Å². The van der Waals surface area contributed by atoms with Crippen molar-refractivity contribution in [1.82, 2.24) is 5.32 Å². The van der Waals surface area contributed by atoms with Crippen LogP contribution in [-0.2, 0) is 4.74 Å². The fourth-order valence-corrected chi connectivity index (χ4v) is 2.08. The summed E-state index contributed by atoms with van der Waals surface area (Å²) in [5.74, 6) is 1.13. The van der Waals surface area contributed by atoms with E-state index in [9.17, 15) is 0 Å². The minimum atomic E-state index is 0.539. The first-order valence-corrected chi connectivity index (χ1v) is 6.54. The third-order valence-corrected chi connectivity index (χ3v) is 3.30. The third kappa shape index (κ3) is 4.34. The first-order valence-electron chi connectivity index (χ1n) is 5.14. The maximum absolute atomic E-state index is 5.77. The fourth-order valence-electron chi connectivity index (χ4n) is 1.82. The van der Waals surface area contributed by atoms with E-state index in [1.54, 1.807) is 0 Å². The molecule has 0 radical (unpaired) electrons. The van der Waals surface area contributed by atoms with Gasteiger partial charge in [-0.05, 0) is 39.0 Å². The Morgan fingerprint density at radius 3 is 2.54 bits per heavy atom. The zero-order valence-electron chi connectivity index (χ0n) is 8.71. The number of nitrogens with one attached hydrogen (secondary N) is 1. The zero-order chi connectivity index (χ0) is 9.52. The van der Waals surface area contributed by atoms with Crippen LogP contribution in [0.4, 0.5) is 0 Å². The molecule has 0 atom stereocenters. The molecule has 0 saturated heterocycles. The molecule has 0 bridgehead atoms. The van der Waals surface area contributed by atoms with Crippen LogP contribution in [0.5, 0.6) is 0 Å². The number of hydrogen-bond acceptors (Lipinski definition) is 3. The molecule has 1 fully saturated rings. The summed E-state index contributed by atoms with van der Waals surface area (Å²) < 4.78 is 5.77. The van der Waals surface area contributed by atoms with Gasteiger partial charge in [0.1, 0.15) is 0 Å². The van der Waals surface area contributed by atoms with Crippen LogP contribution in [0.3, 0.4) is 0 Å². The van der Waals surface area contributed by atoms with Gasteiger partial charge < -0.3 is 10.1 Å². The molecule has 1 N–H and O–H groups in total. The molecule has 0 aromatic carbocycles. The van der Waals surface area contributed by atoms with Crippen LogP contribution in [0.2, 0.25) is 0 Å². The molecule has 2 nitrogen and oxygen atoms in total. The van der Waals surface area contributed by atoms with E-state index in [1.165, 1.54) is 25.7 Å². The van der Waals surface area contributed by atoms with E-state index >= 15 is 0 Å². The van der Waals surface area contributed by atoms with Crippen molar-refractivity contribution in [2.24, 2.45) is 0 Å². The van der Waals surface area contributed by atoms with Crippen LogP contribution >= 0.6 is 11.8 Å².